The van der Waals surface area contributed by atoms with Crippen molar-refractivity contribution in [3.8, 4) is 33.6 Å². The van der Waals surface area contributed by atoms with E-state index in [1.54, 1.807) is 37.3 Å². The van der Waals surface area contributed by atoms with Crippen LogP contribution in [0.1, 0.15) is 11.3 Å². The number of aryl methyl sites for hydroxylation is 1. The number of alkyl halides is 3. The molecule has 0 saturated heterocycles. The molecule has 0 spiro atoms. The van der Waals surface area contributed by atoms with Crippen LogP contribution in [-0.2, 0) is 16.2 Å². The van der Waals surface area contributed by atoms with Gasteiger partial charge in [-0.05, 0) is 57.7 Å². The number of nitrogens with zero attached hydrogens (tertiary/aromatic N) is 1. The van der Waals surface area contributed by atoms with Crippen LogP contribution in [0.4, 0.5) is 13.2 Å². The van der Waals surface area contributed by atoms with Crippen molar-refractivity contribution >= 4 is 26.0 Å². The van der Waals surface area contributed by atoms with Crippen molar-refractivity contribution in [3.63, 3.8) is 0 Å². The Morgan fingerprint density at radius 1 is 0.909 bits per heavy atom. The molecule has 3 aromatic carbocycles. The van der Waals surface area contributed by atoms with Crippen LogP contribution < -0.4 is 5.14 Å². The van der Waals surface area contributed by atoms with Gasteiger partial charge in [-0.1, -0.05) is 53.7 Å². The highest BCUT2D eigenvalue weighted by atomic mass is 79.9. The Labute approximate surface area is 196 Å². The van der Waals surface area contributed by atoms with Gasteiger partial charge in [0.25, 0.3) is 0 Å². The lowest BCUT2D eigenvalue weighted by molar-refractivity contribution is -0.137. The summed E-state index contributed by atoms with van der Waals surface area (Å²) < 4.78 is 70.2. The van der Waals surface area contributed by atoms with E-state index in [2.05, 4.69) is 21.1 Å². The summed E-state index contributed by atoms with van der Waals surface area (Å²) in [7, 11) is -4.20. The molecule has 0 aliphatic rings. The summed E-state index contributed by atoms with van der Waals surface area (Å²) in [6.07, 6.45) is -4.48. The van der Waals surface area contributed by atoms with Crippen LogP contribution >= 0.6 is 15.9 Å². The van der Waals surface area contributed by atoms with Crippen LogP contribution in [0.2, 0.25) is 0 Å². The van der Waals surface area contributed by atoms with E-state index in [-0.39, 0.29) is 16.2 Å². The second-order valence-electron chi connectivity index (χ2n) is 7.26. The van der Waals surface area contributed by atoms with E-state index in [4.69, 9.17) is 9.66 Å². The van der Waals surface area contributed by atoms with Gasteiger partial charge in [-0.2, -0.15) is 13.2 Å². The summed E-state index contributed by atoms with van der Waals surface area (Å²) in [5, 5.41) is 9.43. The largest absolute Gasteiger partial charge is 0.416 e. The van der Waals surface area contributed by atoms with E-state index >= 15 is 0 Å². The van der Waals surface area contributed by atoms with Crippen molar-refractivity contribution < 1.29 is 26.1 Å². The van der Waals surface area contributed by atoms with E-state index in [9.17, 15) is 21.6 Å². The zero-order valence-corrected chi connectivity index (χ0v) is 19.4. The third kappa shape index (κ3) is 4.46. The summed E-state index contributed by atoms with van der Waals surface area (Å²) in [6, 6.07) is 16.3. The van der Waals surface area contributed by atoms with Crippen LogP contribution in [0.15, 0.2) is 80.6 Å². The predicted molar refractivity (Wildman–Crippen MR) is 122 cm³/mol. The van der Waals surface area contributed by atoms with Crippen molar-refractivity contribution in [2.45, 2.75) is 18.0 Å². The van der Waals surface area contributed by atoms with Crippen LogP contribution in [0, 0.1) is 6.92 Å². The maximum Gasteiger partial charge on any atom is 0.416 e. The second kappa shape index (κ2) is 8.44. The average molecular weight is 537 g/mol. The highest BCUT2D eigenvalue weighted by Gasteiger charge is 2.31. The van der Waals surface area contributed by atoms with Gasteiger partial charge in [0, 0.05) is 11.1 Å². The molecule has 5 nitrogen and oxygen atoms in total. The molecule has 33 heavy (non-hydrogen) atoms. The number of hydrogen-bond acceptors (Lipinski definition) is 4. The first-order valence-corrected chi connectivity index (χ1v) is 11.9. The summed E-state index contributed by atoms with van der Waals surface area (Å²) in [5.41, 5.74) is 1.86. The van der Waals surface area contributed by atoms with Gasteiger partial charge < -0.3 is 4.52 Å². The van der Waals surface area contributed by atoms with Crippen molar-refractivity contribution in [3.05, 3.63) is 82.5 Å². The van der Waals surface area contributed by atoms with Crippen molar-refractivity contribution in [1.82, 2.24) is 5.16 Å². The molecule has 0 aliphatic heterocycles. The lowest BCUT2D eigenvalue weighted by atomic mass is 9.89. The van der Waals surface area contributed by atoms with Crippen molar-refractivity contribution in [2.75, 3.05) is 0 Å². The molecule has 0 bridgehead atoms. The molecule has 2 N–H and O–H groups in total. The van der Waals surface area contributed by atoms with Gasteiger partial charge in [-0.25, -0.2) is 13.6 Å². The summed E-state index contributed by atoms with van der Waals surface area (Å²) in [6.45, 7) is 1.68. The first kappa shape index (κ1) is 23.2. The first-order valence-electron chi connectivity index (χ1n) is 9.53. The fraction of sp³-hybridized carbons (Fsp3) is 0.0870. The molecule has 0 saturated carbocycles. The van der Waals surface area contributed by atoms with Crippen molar-refractivity contribution in [2.24, 2.45) is 5.14 Å². The van der Waals surface area contributed by atoms with Gasteiger partial charge in [0.1, 0.15) is 0 Å². The quantitative estimate of drug-likeness (QED) is 0.326. The van der Waals surface area contributed by atoms with Gasteiger partial charge in [-0.15, -0.1) is 0 Å². The van der Waals surface area contributed by atoms with Gasteiger partial charge in [0.15, 0.2) is 5.76 Å². The third-order valence-corrected chi connectivity index (χ3v) is 6.96. The van der Waals surface area contributed by atoms with E-state index in [1.807, 2.05) is 0 Å². The molecule has 4 rings (SSSR count). The zero-order chi connectivity index (χ0) is 24.0. The monoisotopic (exact) mass is 536 g/mol. The van der Waals surface area contributed by atoms with E-state index < -0.39 is 21.8 Å². The number of hydrogen-bond donors (Lipinski definition) is 1. The van der Waals surface area contributed by atoms with Crippen LogP contribution in [-0.4, -0.2) is 13.6 Å². The molecule has 0 amide bonds. The molecule has 170 valence electrons. The van der Waals surface area contributed by atoms with Crippen molar-refractivity contribution in [1.29, 1.82) is 0 Å². The molecule has 0 radical (unpaired) electrons. The minimum atomic E-state index is -4.48. The number of primary sulfonamides is 1. The Hall–Kier alpha value is -2.95. The smallest absolute Gasteiger partial charge is 0.355 e. The Morgan fingerprint density at radius 3 is 2.06 bits per heavy atom. The summed E-state index contributed by atoms with van der Waals surface area (Å²) in [4.78, 5) is -0.200. The lowest BCUT2D eigenvalue weighted by Crippen LogP contribution is -2.14. The number of halogens is 4. The highest BCUT2D eigenvalue weighted by molar-refractivity contribution is 9.10. The molecular weight excluding hydrogens is 521 g/mol. The highest BCUT2D eigenvalue weighted by Crippen LogP contribution is 2.46. The van der Waals surface area contributed by atoms with Crippen LogP contribution in [0.5, 0.6) is 0 Å². The summed E-state index contributed by atoms with van der Waals surface area (Å²) >= 11 is 3.39. The first-order chi connectivity index (χ1) is 15.5. The number of nitrogens with two attached hydrogens (primary N) is 1. The average Bonchev–Trinajstić information content (AvgIpc) is 3.10. The Kier molecular flexibility index (Phi) is 5.94. The molecule has 0 fully saturated rings. The third-order valence-electron chi connectivity index (χ3n) is 5.08. The van der Waals surface area contributed by atoms with Crippen LogP contribution in [0.3, 0.4) is 0 Å². The topological polar surface area (TPSA) is 86.2 Å². The van der Waals surface area contributed by atoms with Gasteiger partial charge in [-0.3, -0.25) is 0 Å². The van der Waals surface area contributed by atoms with Gasteiger partial charge in [0.05, 0.1) is 20.6 Å². The molecule has 0 unspecified atom stereocenters. The number of benzene rings is 3. The van der Waals surface area contributed by atoms with Crippen LogP contribution in [0.25, 0.3) is 33.6 Å². The Balaban J connectivity index is 2.11. The molecule has 0 aliphatic carbocycles. The maximum absolute atomic E-state index is 13.1. The maximum atomic E-state index is 13.1. The standard InChI is InChI=1S/C23H16BrF3N2O3S/c1-13-21(24)22(32-29-13)20-18(33(28,30)31)12-11-17(19(20)15-5-3-2-4-6-15)14-7-9-16(10-8-14)23(25,26)27/h2-12H,1H3,(H2,28,30,31). The molecular formula is C23H16BrF3N2O3S. The lowest BCUT2D eigenvalue weighted by Gasteiger charge is -2.18. The molecule has 4 aromatic rings. The Morgan fingerprint density at radius 2 is 1.55 bits per heavy atom. The van der Waals surface area contributed by atoms with E-state index in [0.29, 0.717) is 32.4 Å². The van der Waals surface area contributed by atoms with Gasteiger partial charge >= 0.3 is 6.18 Å². The summed E-state index contributed by atoms with van der Waals surface area (Å²) in [5.74, 6) is 0.143. The zero-order valence-electron chi connectivity index (χ0n) is 17.0. The minimum absolute atomic E-state index is 0.143. The number of sulfonamides is 1. The SMILES string of the molecule is Cc1noc(-c2c(S(N)(=O)=O)ccc(-c3ccc(C(F)(F)F)cc3)c2-c2ccccc2)c1Br. The second-order valence-corrected chi connectivity index (χ2v) is 9.58. The van der Waals surface area contributed by atoms with E-state index in [0.717, 1.165) is 12.1 Å². The fourth-order valence-corrected chi connectivity index (χ4v) is 4.62. The van der Waals surface area contributed by atoms with Gasteiger partial charge in [0.2, 0.25) is 10.0 Å². The predicted octanol–water partition coefficient (Wildman–Crippen LogP) is 6.41. The molecule has 0 atom stereocenters. The number of rotatable bonds is 4. The Bertz CT molecular complexity index is 1430. The molecule has 1 heterocycles. The fourth-order valence-electron chi connectivity index (χ4n) is 3.54. The minimum Gasteiger partial charge on any atom is -0.355 e. The normalized spacial score (nSPS) is 12.2. The number of aromatic nitrogens is 1. The molecule has 10 heteroatoms. The van der Waals surface area contributed by atoms with E-state index in [1.165, 1.54) is 24.3 Å². The molecule has 1 aromatic heterocycles.